The fraction of sp³-hybridized carbons (Fsp3) is 0.500. The fourth-order valence-electron chi connectivity index (χ4n) is 2.52. The van der Waals surface area contributed by atoms with E-state index in [0.717, 1.165) is 0 Å². The summed E-state index contributed by atoms with van der Waals surface area (Å²) in [6, 6.07) is 8.39. The lowest BCUT2D eigenvalue weighted by molar-refractivity contribution is -0.218. The van der Waals surface area contributed by atoms with E-state index in [-0.39, 0.29) is 18.1 Å². The van der Waals surface area contributed by atoms with Crippen molar-refractivity contribution in [1.82, 2.24) is 5.32 Å². The lowest BCUT2D eigenvalue weighted by atomic mass is 10.0. The summed E-state index contributed by atoms with van der Waals surface area (Å²) in [6.07, 6.45) is -0.983. The highest BCUT2D eigenvalue weighted by Gasteiger charge is 2.40. The van der Waals surface area contributed by atoms with Gasteiger partial charge < -0.3 is 19.5 Å². The first-order chi connectivity index (χ1) is 11.0. The number of benzene rings is 1. The Hall–Kier alpha value is -1.44. The van der Waals surface area contributed by atoms with Gasteiger partial charge in [-0.15, -0.1) is 0 Å². The van der Waals surface area contributed by atoms with Gasteiger partial charge in [0.25, 0.3) is 0 Å². The van der Waals surface area contributed by atoms with E-state index < -0.39 is 18.4 Å². The number of carbonyl (C=O) groups excluding carboxylic acids is 2. The molecule has 0 spiro atoms. The quantitative estimate of drug-likeness (QED) is 0.618. The van der Waals surface area contributed by atoms with Crippen LogP contribution < -0.4 is 5.32 Å². The highest BCUT2D eigenvalue weighted by Crippen LogP contribution is 2.25. The highest BCUT2D eigenvalue weighted by atomic mass is 79.9. The molecule has 126 valence electrons. The van der Waals surface area contributed by atoms with E-state index in [1.165, 1.54) is 14.0 Å². The molecule has 0 unspecified atom stereocenters. The third-order valence-corrected chi connectivity index (χ3v) is 4.22. The Morgan fingerprint density at radius 3 is 2.61 bits per heavy atom. The van der Waals surface area contributed by atoms with E-state index >= 15 is 0 Å². The molecule has 1 heterocycles. The first-order valence-electron chi connectivity index (χ1n) is 7.32. The Morgan fingerprint density at radius 1 is 1.35 bits per heavy atom. The number of nitrogens with one attached hydrogen (secondary N) is 1. The second kappa shape index (κ2) is 8.42. The van der Waals surface area contributed by atoms with E-state index in [1.807, 2.05) is 6.07 Å². The molecule has 0 bridgehead atoms. The summed E-state index contributed by atoms with van der Waals surface area (Å²) in [5.74, 6) is -0.603. The van der Waals surface area contributed by atoms with E-state index in [0.29, 0.717) is 17.3 Å². The van der Waals surface area contributed by atoms with Crippen molar-refractivity contribution in [3.8, 4) is 0 Å². The van der Waals surface area contributed by atoms with Gasteiger partial charge in [-0.2, -0.15) is 0 Å². The third kappa shape index (κ3) is 4.76. The van der Waals surface area contributed by atoms with Gasteiger partial charge in [-0.3, -0.25) is 4.79 Å². The number of esters is 1. The summed E-state index contributed by atoms with van der Waals surface area (Å²) in [5.41, 5.74) is 0.478. The van der Waals surface area contributed by atoms with E-state index in [2.05, 4.69) is 21.2 Å². The van der Waals surface area contributed by atoms with Gasteiger partial charge >= 0.3 is 5.97 Å². The van der Waals surface area contributed by atoms with Crippen LogP contribution in [0.5, 0.6) is 0 Å². The minimum atomic E-state index is -0.576. The molecule has 7 heteroatoms. The van der Waals surface area contributed by atoms with Crippen LogP contribution in [0.1, 0.15) is 23.7 Å². The molecular formula is C16H20BrNO5. The number of rotatable bonds is 5. The lowest BCUT2D eigenvalue weighted by Crippen LogP contribution is -2.56. The van der Waals surface area contributed by atoms with Gasteiger partial charge in [-0.1, -0.05) is 34.1 Å². The molecule has 0 aromatic heterocycles. The zero-order valence-corrected chi connectivity index (χ0v) is 14.6. The first-order valence-corrected chi connectivity index (χ1v) is 8.44. The van der Waals surface area contributed by atoms with Gasteiger partial charge in [0.1, 0.15) is 12.2 Å². The van der Waals surface area contributed by atoms with Gasteiger partial charge in [-0.05, 0) is 12.1 Å². The van der Waals surface area contributed by atoms with Crippen molar-refractivity contribution in [2.45, 2.75) is 37.9 Å². The fourth-order valence-corrected chi connectivity index (χ4v) is 3.08. The predicted octanol–water partition coefficient (Wildman–Crippen LogP) is 1.87. The summed E-state index contributed by atoms with van der Waals surface area (Å²) in [4.78, 5) is 23.6. The molecule has 1 aromatic rings. The van der Waals surface area contributed by atoms with Crippen molar-refractivity contribution >= 4 is 27.8 Å². The molecule has 0 radical (unpaired) electrons. The van der Waals surface area contributed by atoms with E-state index in [9.17, 15) is 9.59 Å². The second-order valence-corrected chi connectivity index (χ2v) is 5.93. The topological polar surface area (TPSA) is 73.9 Å². The zero-order valence-electron chi connectivity index (χ0n) is 13.0. The average molecular weight is 386 g/mol. The van der Waals surface area contributed by atoms with E-state index in [4.69, 9.17) is 14.2 Å². The molecule has 23 heavy (non-hydrogen) atoms. The molecule has 0 saturated carbocycles. The monoisotopic (exact) mass is 385 g/mol. The van der Waals surface area contributed by atoms with Crippen LogP contribution in [-0.2, 0) is 19.0 Å². The van der Waals surface area contributed by atoms with Gasteiger partial charge in [-0.25, -0.2) is 4.79 Å². The number of methoxy groups -OCH3 is 1. The van der Waals surface area contributed by atoms with Crippen molar-refractivity contribution in [3.05, 3.63) is 35.9 Å². The van der Waals surface area contributed by atoms with Crippen LogP contribution >= 0.6 is 15.9 Å². The normalized spacial score (nSPS) is 27.3. The smallest absolute Gasteiger partial charge is 0.338 e. The average Bonchev–Trinajstić information content (AvgIpc) is 2.55. The molecule has 1 aromatic carbocycles. The minimum Gasteiger partial charge on any atom is -0.456 e. The summed E-state index contributed by atoms with van der Waals surface area (Å²) >= 11 is 3.37. The molecule has 0 aliphatic carbocycles. The maximum Gasteiger partial charge on any atom is 0.338 e. The van der Waals surface area contributed by atoms with Crippen LogP contribution in [0.15, 0.2) is 30.3 Å². The van der Waals surface area contributed by atoms with Crippen molar-refractivity contribution < 1.29 is 23.8 Å². The Balaban J connectivity index is 2.08. The summed E-state index contributed by atoms with van der Waals surface area (Å²) < 4.78 is 16.6. The van der Waals surface area contributed by atoms with Crippen LogP contribution in [0, 0.1) is 0 Å². The summed E-state index contributed by atoms with van der Waals surface area (Å²) in [6.45, 7) is 1.42. The molecule has 1 fully saturated rings. The zero-order chi connectivity index (χ0) is 16.8. The van der Waals surface area contributed by atoms with Crippen LogP contribution in [0.2, 0.25) is 0 Å². The molecule has 1 saturated heterocycles. The largest absolute Gasteiger partial charge is 0.456 e. The van der Waals surface area contributed by atoms with Crippen LogP contribution in [0.25, 0.3) is 0 Å². The van der Waals surface area contributed by atoms with Gasteiger partial charge in [0.2, 0.25) is 5.91 Å². The first kappa shape index (κ1) is 17.9. The Morgan fingerprint density at radius 2 is 2.04 bits per heavy atom. The molecule has 1 amide bonds. The Labute approximate surface area is 143 Å². The molecule has 1 N–H and O–H groups in total. The maximum absolute atomic E-state index is 12.2. The van der Waals surface area contributed by atoms with Gasteiger partial charge in [0.15, 0.2) is 6.29 Å². The molecule has 1 aliphatic heterocycles. The van der Waals surface area contributed by atoms with Crippen molar-refractivity contribution in [1.29, 1.82) is 0 Å². The van der Waals surface area contributed by atoms with Crippen molar-refractivity contribution in [3.63, 3.8) is 0 Å². The summed E-state index contributed by atoms with van der Waals surface area (Å²) in [5, 5.41) is 3.27. The number of hydrogen-bond donors (Lipinski definition) is 1. The number of carbonyl (C=O) groups is 2. The van der Waals surface area contributed by atoms with Crippen LogP contribution in [0.3, 0.4) is 0 Å². The number of hydrogen-bond acceptors (Lipinski definition) is 5. The standard InChI is InChI=1S/C16H20BrNO5/c1-10(19)18-12-8-13(14(9-17)23-16(12)21-2)22-15(20)11-6-4-3-5-7-11/h3-7,12-14,16H,8-9H2,1-2H3,(H,18,19)/t12-,13+,14-,16+/m1/s1. The Bertz CT molecular complexity index is 539. The van der Waals surface area contributed by atoms with Crippen molar-refractivity contribution in [2.75, 3.05) is 12.4 Å². The number of amides is 1. The lowest BCUT2D eigenvalue weighted by Gasteiger charge is -2.39. The van der Waals surface area contributed by atoms with Gasteiger partial charge in [0, 0.05) is 25.8 Å². The molecule has 4 atom stereocenters. The SMILES string of the molecule is CO[C@H]1O[C@H](CBr)[C@@H](OC(=O)c2ccccc2)C[C@H]1NC(C)=O. The minimum absolute atomic E-state index is 0.189. The van der Waals surface area contributed by atoms with E-state index in [1.54, 1.807) is 24.3 Å². The molecule has 2 rings (SSSR count). The second-order valence-electron chi connectivity index (χ2n) is 5.29. The van der Waals surface area contributed by atoms with Crippen LogP contribution in [0.4, 0.5) is 0 Å². The summed E-state index contributed by atoms with van der Waals surface area (Å²) in [7, 11) is 1.51. The molecular weight excluding hydrogens is 366 g/mol. The highest BCUT2D eigenvalue weighted by molar-refractivity contribution is 9.09. The molecule has 6 nitrogen and oxygen atoms in total. The number of halogens is 1. The third-order valence-electron chi connectivity index (χ3n) is 3.58. The predicted molar refractivity (Wildman–Crippen MR) is 87.3 cm³/mol. The van der Waals surface area contributed by atoms with Crippen molar-refractivity contribution in [2.24, 2.45) is 0 Å². The number of ether oxygens (including phenoxy) is 3. The molecule has 1 aliphatic rings. The van der Waals surface area contributed by atoms with Gasteiger partial charge in [0.05, 0.1) is 11.6 Å². The Kier molecular flexibility index (Phi) is 6.56. The maximum atomic E-state index is 12.2. The number of alkyl halides is 1. The van der Waals surface area contributed by atoms with Crippen LogP contribution in [-0.4, -0.2) is 48.9 Å².